The van der Waals surface area contributed by atoms with Gasteiger partial charge in [-0.3, -0.25) is 19.2 Å². The van der Waals surface area contributed by atoms with Gasteiger partial charge in [-0.05, 0) is 57.6 Å². The van der Waals surface area contributed by atoms with Gasteiger partial charge in [0.05, 0.1) is 0 Å². The Labute approximate surface area is 225 Å². The van der Waals surface area contributed by atoms with Crippen molar-refractivity contribution in [3.05, 3.63) is 58.4 Å². The van der Waals surface area contributed by atoms with Crippen LogP contribution < -0.4 is 21.5 Å². The average molecular weight is 540 g/mol. The zero-order valence-corrected chi connectivity index (χ0v) is 22.0. The number of nitrogens with one attached hydrogen (secondary N) is 3. The Kier molecular flexibility index (Phi) is 8.95. The molecule has 0 unspecified atom stereocenters. The van der Waals surface area contributed by atoms with Crippen molar-refractivity contribution in [1.82, 2.24) is 20.4 Å². The Morgan fingerprint density at radius 2 is 2.08 bits per heavy atom. The van der Waals surface area contributed by atoms with Crippen LogP contribution in [0.15, 0.2) is 45.9 Å². The summed E-state index contributed by atoms with van der Waals surface area (Å²) in [6, 6.07) is 2.89. The van der Waals surface area contributed by atoms with E-state index in [4.69, 9.17) is 9.26 Å². The van der Waals surface area contributed by atoms with E-state index >= 15 is 0 Å². The summed E-state index contributed by atoms with van der Waals surface area (Å²) in [7, 11) is 0. The fraction of sp³-hybridized carbons (Fsp3) is 0.481. The number of ether oxygens (including phenoxy) is 1. The zero-order valence-electron chi connectivity index (χ0n) is 22.0. The lowest BCUT2D eigenvalue weighted by Gasteiger charge is -2.25. The van der Waals surface area contributed by atoms with Gasteiger partial charge in [0.1, 0.15) is 23.6 Å². The van der Waals surface area contributed by atoms with E-state index in [0.29, 0.717) is 25.1 Å². The molecule has 12 heteroatoms. The Hall–Kier alpha value is -4.22. The lowest BCUT2D eigenvalue weighted by molar-refractivity contribution is -0.146. The van der Waals surface area contributed by atoms with Crippen LogP contribution in [0.3, 0.4) is 0 Å². The number of anilines is 1. The monoisotopic (exact) mass is 539 g/mol. The summed E-state index contributed by atoms with van der Waals surface area (Å²) >= 11 is 0. The van der Waals surface area contributed by atoms with Gasteiger partial charge in [-0.1, -0.05) is 18.2 Å². The van der Waals surface area contributed by atoms with Crippen molar-refractivity contribution in [2.45, 2.75) is 70.6 Å². The molecular weight excluding hydrogens is 506 g/mol. The number of rotatable bonds is 11. The van der Waals surface area contributed by atoms with Gasteiger partial charge in [0.15, 0.2) is 5.69 Å². The summed E-state index contributed by atoms with van der Waals surface area (Å²) in [5.74, 6) is -1.55. The van der Waals surface area contributed by atoms with Crippen LogP contribution in [0, 0.1) is 12.8 Å². The van der Waals surface area contributed by atoms with E-state index in [9.17, 15) is 24.0 Å². The summed E-state index contributed by atoms with van der Waals surface area (Å²) in [5, 5.41) is 11.8. The number of pyridine rings is 1. The van der Waals surface area contributed by atoms with Gasteiger partial charge in [0.2, 0.25) is 11.8 Å². The van der Waals surface area contributed by atoms with Gasteiger partial charge in [-0.2, -0.15) is 0 Å². The number of aryl methyl sites for hydroxylation is 1. The van der Waals surface area contributed by atoms with Crippen molar-refractivity contribution >= 4 is 29.4 Å². The molecule has 3 amide bonds. The highest BCUT2D eigenvalue weighted by Crippen LogP contribution is 2.22. The maximum absolute atomic E-state index is 13.4. The Balaban J connectivity index is 1.49. The van der Waals surface area contributed by atoms with Crippen LogP contribution in [0.1, 0.15) is 67.7 Å². The quantitative estimate of drug-likeness (QED) is 0.289. The standard InChI is InChI=1S/C27H33N5O7/c1-3-22(32-13-5-8-20(27(32)37)30-25(35)21-14-16(2)39-31-21)26(36)29-18(15-17-11-12-28-24(17)34)9-10-23(33)38-19-6-4-7-19/h5,8-10,13-14,17-19,22H,3-4,6-7,11-12,15H2,1-2H3,(H,28,34)(H,29,36)(H,30,35)/t17-,18+,22-/m0/s1. The summed E-state index contributed by atoms with van der Waals surface area (Å²) in [5.41, 5.74) is -0.569. The molecule has 3 atom stereocenters. The highest BCUT2D eigenvalue weighted by molar-refractivity contribution is 6.02. The van der Waals surface area contributed by atoms with E-state index in [0.717, 1.165) is 19.3 Å². The van der Waals surface area contributed by atoms with Crippen LogP contribution >= 0.6 is 0 Å². The van der Waals surface area contributed by atoms with Crippen LogP contribution in [0.5, 0.6) is 0 Å². The minimum Gasteiger partial charge on any atom is -0.459 e. The lowest BCUT2D eigenvalue weighted by Crippen LogP contribution is -2.43. The van der Waals surface area contributed by atoms with Crippen molar-refractivity contribution < 1.29 is 28.4 Å². The second-order valence-electron chi connectivity index (χ2n) is 9.81. The van der Waals surface area contributed by atoms with Crippen molar-refractivity contribution in [1.29, 1.82) is 0 Å². The van der Waals surface area contributed by atoms with E-state index in [-0.39, 0.29) is 35.7 Å². The second kappa shape index (κ2) is 12.5. The van der Waals surface area contributed by atoms with E-state index in [1.165, 1.54) is 35.0 Å². The fourth-order valence-electron chi connectivity index (χ4n) is 4.55. The second-order valence-corrected chi connectivity index (χ2v) is 9.81. The molecule has 2 fully saturated rings. The minimum atomic E-state index is -0.904. The molecule has 39 heavy (non-hydrogen) atoms. The number of amides is 3. The van der Waals surface area contributed by atoms with Gasteiger partial charge in [-0.25, -0.2) is 4.79 Å². The van der Waals surface area contributed by atoms with Gasteiger partial charge in [0, 0.05) is 36.8 Å². The summed E-state index contributed by atoms with van der Waals surface area (Å²) in [4.78, 5) is 63.5. The largest absolute Gasteiger partial charge is 0.459 e. The van der Waals surface area contributed by atoms with Crippen molar-refractivity contribution in [2.24, 2.45) is 5.92 Å². The third-order valence-electron chi connectivity index (χ3n) is 6.94. The van der Waals surface area contributed by atoms with Crippen molar-refractivity contribution in [3.63, 3.8) is 0 Å². The van der Waals surface area contributed by atoms with Crippen LogP contribution in [-0.4, -0.2) is 52.1 Å². The Morgan fingerprint density at radius 3 is 2.69 bits per heavy atom. The Bertz CT molecular complexity index is 1310. The smallest absolute Gasteiger partial charge is 0.330 e. The van der Waals surface area contributed by atoms with E-state index in [1.54, 1.807) is 19.9 Å². The van der Waals surface area contributed by atoms with E-state index < -0.39 is 35.4 Å². The normalized spacial score (nSPS) is 18.7. The number of hydrogen-bond donors (Lipinski definition) is 3. The predicted octanol–water partition coefficient (Wildman–Crippen LogP) is 2.01. The topological polar surface area (TPSA) is 162 Å². The van der Waals surface area contributed by atoms with E-state index in [2.05, 4.69) is 21.1 Å². The van der Waals surface area contributed by atoms with Crippen LogP contribution in [0.25, 0.3) is 0 Å². The number of nitrogens with zero attached hydrogens (tertiary/aromatic N) is 2. The molecule has 1 saturated heterocycles. The van der Waals surface area contributed by atoms with Gasteiger partial charge in [0.25, 0.3) is 11.5 Å². The summed E-state index contributed by atoms with van der Waals surface area (Å²) < 4.78 is 11.5. The third kappa shape index (κ3) is 7.01. The van der Waals surface area contributed by atoms with Crippen LogP contribution in [0.4, 0.5) is 5.69 Å². The molecule has 208 valence electrons. The van der Waals surface area contributed by atoms with Crippen LogP contribution in [0.2, 0.25) is 0 Å². The number of hydrogen-bond acceptors (Lipinski definition) is 8. The first kappa shape index (κ1) is 27.8. The third-order valence-corrected chi connectivity index (χ3v) is 6.94. The molecule has 2 aromatic heterocycles. The fourth-order valence-corrected chi connectivity index (χ4v) is 4.55. The first-order valence-electron chi connectivity index (χ1n) is 13.2. The molecule has 0 bridgehead atoms. The maximum Gasteiger partial charge on any atom is 0.330 e. The minimum absolute atomic E-state index is 0.0211. The van der Waals surface area contributed by atoms with E-state index in [1.807, 2.05) is 0 Å². The highest BCUT2D eigenvalue weighted by atomic mass is 16.5. The van der Waals surface area contributed by atoms with Crippen molar-refractivity contribution in [3.8, 4) is 0 Å². The molecule has 1 saturated carbocycles. The van der Waals surface area contributed by atoms with Gasteiger partial charge < -0.3 is 29.8 Å². The molecule has 2 aromatic rings. The highest BCUT2D eigenvalue weighted by Gasteiger charge is 2.29. The first-order valence-corrected chi connectivity index (χ1v) is 13.2. The molecule has 0 spiro atoms. The molecule has 0 aromatic carbocycles. The predicted molar refractivity (Wildman–Crippen MR) is 140 cm³/mol. The number of carbonyl (C=O) groups is 4. The molecule has 3 heterocycles. The van der Waals surface area contributed by atoms with Gasteiger partial charge in [-0.15, -0.1) is 0 Å². The SMILES string of the molecule is CC[C@@H](C(=O)N[C@H](C=CC(=O)OC1CCC1)C[C@@H]1CCNC1=O)n1cccc(NC(=O)c2cc(C)on2)c1=O. The average Bonchev–Trinajstić information content (AvgIpc) is 3.50. The molecule has 3 N–H and O–H groups in total. The molecule has 4 rings (SSSR count). The molecule has 0 radical (unpaired) electrons. The Morgan fingerprint density at radius 1 is 1.28 bits per heavy atom. The molecular formula is C27H33N5O7. The van der Waals surface area contributed by atoms with Gasteiger partial charge >= 0.3 is 5.97 Å². The number of esters is 1. The zero-order chi connectivity index (χ0) is 27.9. The number of aromatic nitrogens is 2. The summed E-state index contributed by atoms with van der Waals surface area (Å²) in [6.07, 6.45) is 8.11. The molecule has 2 aliphatic rings. The number of carbonyl (C=O) groups excluding carboxylic acids is 4. The van der Waals surface area contributed by atoms with Crippen molar-refractivity contribution in [2.75, 3.05) is 11.9 Å². The molecule has 1 aliphatic heterocycles. The van der Waals surface area contributed by atoms with Crippen LogP contribution in [-0.2, 0) is 19.1 Å². The molecule has 12 nitrogen and oxygen atoms in total. The maximum atomic E-state index is 13.4. The first-order chi connectivity index (χ1) is 18.7. The lowest BCUT2D eigenvalue weighted by atomic mass is 9.96. The summed E-state index contributed by atoms with van der Waals surface area (Å²) in [6.45, 7) is 3.95. The molecule has 1 aliphatic carbocycles.